The van der Waals surface area contributed by atoms with Crippen LogP contribution in [0.3, 0.4) is 0 Å². The van der Waals surface area contributed by atoms with Crippen molar-refractivity contribution in [2.45, 2.75) is 39.2 Å². The van der Waals surface area contributed by atoms with Crippen LogP contribution in [0.15, 0.2) is 0 Å². The van der Waals surface area contributed by atoms with Crippen LogP contribution >= 0.6 is 11.6 Å². The zero-order valence-corrected chi connectivity index (χ0v) is 11.1. The average Bonchev–Trinajstić information content (AvgIpc) is 2.24. The van der Waals surface area contributed by atoms with Gasteiger partial charge in [0.25, 0.3) is 6.43 Å². The Morgan fingerprint density at radius 1 is 1.41 bits per heavy atom. The minimum Gasteiger partial charge on any atom is -0.375 e. The molecular formula is C11H20ClF2NO2. The van der Waals surface area contributed by atoms with E-state index in [1.165, 1.54) is 0 Å². The van der Waals surface area contributed by atoms with Crippen molar-refractivity contribution in [3.05, 3.63) is 0 Å². The molecule has 0 fully saturated rings. The molecule has 0 aromatic rings. The van der Waals surface area contributed by atoms with Crippen LogP contribution in [0.2, 0.25) is 0 Å². The van der Waals surface area contributed by atoms with E-state index in [0.29, 0.717) is 12.4 Å². The number of amides is 1. The van der Waals surface area contributed by atoms with E-state index in [0.717, 1.165) is 6.42 Å². The molecule has 6 heteroatoms. The van der Waals surface area contributed by atoms with Crippen LogP contribution in [0, 0.1) is 0 Å². The van der Waals surface area contributed by atoms with Crippen molar-refractivity contribution in [2.75, 3.05) is 25.6 Å². The summed E-state index contributed by atoms with van der Waals surface area (Å²) in [4.78, 5) is 13.4. The predicted molar refractivity (Wildman–Crippen MR) is 63.6 cm³/mol. The fourth-order valence-electron chi connectivity index (χ4n) is 1.38. The molecule has 102 valence electrons. The summed E-state index contributed by atoms with van der Waals surface area (Å²) < 4.78 is 28.2. The Kier molecular flexibility index (Phi) is 9.36. The summed E-state index contributed by atoms with van der Waals surface area (Å²) in [5.74, 6) is 0.414. The zero-order chi connectivity index (χ0) is 13.3. The maximum absolute atomic E-state index is 11.8. The Balaban J connectivity index is 3.89. The van der Waals surface area contributed by atoms with Gasteiger partial charge in [-0.25, -0.2) is 8.78 Å². The van der Waals surface area contributed by atoms with E-state index in [-0.39, 0.29) is 25.0 Å². The minimum atomic E-state index is -2.48. The summed E-state index contributed by atoms with van der Waals surface area (Å²) >= 11 is 5.57. The number of alkyl halides is 3. The molecule has 0 aliphatic carbocycles. The molecule has 0 spiro atoms. The van der Waals surface area contributed by atoms with Gasteiger partial charge in [-0.2, -0.15) is 0 Å². The Morgan fingerprint density at radius 3 is 2.53 bits per heavy atom. The van der Waals surface area contributed by atoms with E-state index < -0.39 is 13.0 Å². The molecule has 0 heterocycles. The van der Waals surface area contributed by atoms with Gasteiger partial charge in [-0.05, 0) is 20.3 Å². The summed E-state index contributed by atoms with van der Waals surface area (Å²) in [6, 6.07) is 0.0841. The molecule has 0 aromatic carbocycles. The molecule has 17 heavy (non-hydrogen) atoms. The van der Waals surface area contributed by atoms with E-state index in [9.17, 15) is 13.6 Å². The second-order valence-corrected chi connectivity index (χ2v) is 4.32. The highest BCUT2D eigenvalue weighted by molar-refractivity contribution is 6.17. The third kappa shape index (κ3) is 8.32. The lowest BCUT2D eigenvalue weighted by Gasteiger charge is -2.26. The number of rotatable bonds is 9. The normalized spacial score (nSPS) is 11.2. The minimum absolute atomic E-state index is 0.0350. The van der Waals surface area contributed by atoms with Gasteiger partial charge in [0.2, 0.25) is 5.91 Å². The quantitative estimate of drug-likeness (QED) is 0.476. The predicted octanol–water partition coefficient (Wildman–Crippen LogP) is 2.52. The number of carbonyl (C=O) groups is 1. The lowest BCUT2D eigenvalue weighted by atomic mass is 10.2. The average molecular weight is 272 g/mol. The Labute approximate surface area is 106 Å². The topological polar surface area (TPSA) is 29.5 Å². The molecular weight excluding hydrogens is 252 g/mol. The van der Waals surface area contributed by atoms with Crippen molar-refractivity contribution in [3.63, 3.8) is 0 Å². The van der Waals surface area contributed by atoms with E-state index in [1.807, 2.05) is 13.8 Å². The summed E-state index contributed by atoms with van der Waals surface area (Å²) in [5, 5.41) is 0. The molecule has 0 saturated carbocycles. The molecule has 0 bridgehead atoms. The zero-order valence-electron chi connectivity index (χ0n) is 10.3. The van der Waals surface area contributed by atoms with Crippen LogP contribution in [0.4, 0.5) is 8.78 Å². The van der Waals surface area contributed by atoms with Crippen molar-refractivity contribution in [3.8, 4) is 0 Å². The number of hydrogen-bond acceptors (Lipinski definition) is 2. The molecule has 0 unspecified atom stereocenters. The Hall–Kier alpha value is -0.420. The Bertz CT molecular complexity index is 216. The summed E-state index contributed by atoms with van der Waals surface area (Å²) in [5.41, 5.74) is 0. The highest BCUT2D eigenvalue weighted by Gasteiger charge is 2.16. The van der Waals surface area contributed by atoms with E-state index in [1.54, 1.807) is 4.90 Å². The maximum atomic E-state index is 11.8. The summed E-state index contributed by atoms with van der Waals surface area (Å²) in [6.07, 6.45) is -1.63. The molecule has 0 saturated heterocycles. The molecule has 1 amide bonds. The lowest BCUT2D eigenvalue weighted by Crippen LogP contribution is -2.38. The van der Waals surface area contributed by atoms with Gasteiger partial charge in [-0.3, -0.25) is 4.79 Å². The second-order valence-electron chi connectivity index (χ2n) is 3.94. The number of carbonyl (C=O) groups excluding carboxylic acids is 1. The van der Waals surface area contributed by atoms with Crippen LogP contribution < -0.4 is 0 Å². The standard InChI is InChI=1S/C11H20ClF2NO2/c1-9(2)15(6-3-5-12)11(16)4-7-17-8-10(13)14/h9-10H,3-8H2,1-2H3. The van der Waals surface area contributed by atoms with Crippen molar-refractivity contribution in [2.24, 2.45) is 0 Å². The highest BCUT2D eigenvalue weighted by Crippen LogP contribution is 2.04. The van der Waals surface area contributed by atoms with Gasteiger partial charge in [0.15, 0.2) is 0 Å². The van der Waals surface area contributed by atoms with Crippen LogP contribution in [-0.4, -0.2) is 48.9 Å². The van der Waals surface area contributed by atoms with Gasteiger partial charge < -0.3 is 9.64 Å². The number of nitrogens with zero attached hydrogens (tertiary/aromatic N) is 1. The van der Waals surface area contributed by atoms with E-state index >= 15 is 0 Å². The number of hydrogen-bond donors (Lipinski definition) is 0. The van der Waals surface area contributed by atoms with Crippen molar-refractivity contribution in [1.29, 1.82) is 0 Å². The SMILES string of the molecule is CC(C)N(CCCCl)C(=O)CCOCC(F)F. The van der Waals surface area contributed by atoms with Gasteiger partial charge in [0, 0.05) is 18.5 Å². The smallest absolute Gasteiger partial charge is 0.261 e. The first-order chi connectivity index (χ1) is 7.99. The van der Waals surface area contributed by atoms with Gasteiger partial charge in [0.1, 0.15) is 6.61 Å². The van der Waals surface area contributed by atoms with E-state index in [2.05, 4.69) is 4.74 Å². The van der Waals surface area contributed by atoms with Crippen LogP contribution in [-0.2, 0) is 9.53 Å². The molecule has 0 N–H and O–H groups in total. The van der Waals surface area contributed by atoms with Gasteiger partial charge >= 0.3 is 0 Å². The van der Waals surface area contributed by atoms with Crippen LogP contribution in [0.25, 0.3) is 0 Å². The fourth-order valence-corrected chi connectivity index (χ4v) is 1.50. The molecule has 0 aliphatic heterocycles. The van der Waals surface area contributed by atoms with Crippen LogP contribution in [0.5, 0.6) is 0 Å². The summed E-state index contributed by atoms with van der Waals surface area (Å²) in [6.45, 7) is 3.83. The first kappa shape index (κ1) is 16.6. The summed E-state index contributed by atoms with van der Waals surface area (Å²) in [7, 11) is 0. The van der Waals surface area contributed by atoms with Crippen molar-refractivity contribution >= 4 is 17.5 Å². The molecule has 0 radical (unpaired) electrons. The number of ether oxygens (including phenoxy) is 1. The van der Waals surface area contributed by atoms with E-state index in [4.69, 9.17) is 11.6 Å². The largest absolute Gasteiger partial charge is 0.375 e. The molecule has 0 rings (SSSR count). The Morgan fingerprint density at radius 2 is 2.06 bits per heavy atom. The fraction of sp³-hybridized carbons (Fsp3) is 0.909. The molecule has 0 atom stereocenters. The maximum Gasteiger partial charge on any atom is 0.261 e. The number of halogens is 3. The lowest BCUT2D eigenvalue weighted by molar-refractivity contribution is -0.134. The second kappa shape index (κ2) is 9.59. The van der Waals surface area contributed by atoms with Crippen molar-refractivity contribution < 1.29 is 18.3 Å². The van der Waals surface area contributed by atoms with Crippen LogP contribution in [0.1, 0.15) is 26.7 Å². The third-order valence-electron chi connectivity index (χ3n) is 2.18. The van der Waals surface area contributed by atoms with Gasteiger partial charge in [-0.15, -0.1) is 11.6 Å². The third-order valence-corrected chi connectivity index (χ3v) is 2.45. The first-order valence-electron chi connectivity index (χ1n) is 5.70. The van der Waals surface area contributed by atoms with Crippen molar-refractivity contribution in [1.82, 2.24) is 4.90 Å². The molecule has 0 aromatic heterocycles. The van der Waals surface area contributed by atoms with Gasteiger partial charge in [-0.1, -0.05) is 0 Å². The first-order valence-corrected chi connectivity index (χ1v) is 6.23. The monoisotopic (exact) mass is 271 g/mol. The van der Waals surface area contributed by atoms with Gasteiger partial charge in [0.05, 0.1) is 13.0 Å². The molecule has 3 nitrogen and oxygen atoms in total. The molecule has 0 aliphatic rings. The highest BCUT2D eigenvalue weighted by atomic mass is 35.5.